The van der Waals surface area contributed by atoms with E-state index < -0.39 is 0 Å². The Morgan fingerprint density at radius 1 is 1.50 bits per heavy atom. The van der Waals surface area contributed by atoms with Gasteiger partial charge in [-0.3, -0.25) is 0 Å². The van der Waals surface area contributed by atoms with Gasteiger partial charge in [0, 0.05) is 26.0 Å². The molecule has 0 saturated heterocycles. The van der Waals surface area contributed by atoms with Crippen LogP contribution >= 0.6 is 0 Å². The fourth-order valence-corrected chi connectivity index (χ4v) is 1.01. The first-order valence-corrected chi connectivity index (χ1v) is 4.39. The maximum absolute atomic E-state index is 5.22. The highest BCUT2D eigenvalue weighted by atomic mass is 16.5. The van der Waals surface area contributed by atoms with Gasteiger partial charge in [-0.1, -0.05) is 0 Å². The highest BCUT2D eigenvalue weighted by molar-refractivity contribution is 4.71. The molecule has 0 saturated carbocycles. The molecule has 0 atom stereocenters. The van der Waals surface area contributed by atoms with E-state index in [1.165, 1.54) is 0 Å². The molecule has 0 aliphatic rings. The summed E-state index contributed by atoms with van der Waals surface area (Å²) < 4.78 is 7.25. The molecule has 0 bridgehead atoms. The van der Waals surface area contributed by atoms with Gasteiger partial charge >= 0.3 is 0 Å². The molecule has 1 radical (unpaired) electrons. The number of imidazole rings is 1. The van der Waals surface area contributed by atoms with Crippen LogP contribution in [0.4, 0.5) is 0 Å². The van der Waals surface area contributed by atoms with Crippen molar-refractivity contribution in [1.82, 2.24) is 9.55 Å². The van der Waals surface area contributed by atoms with E-state index in [1.54, 1.807) is 6.33 Å². The minimum Gasteiger partial charge on any atom is -0.382 e. The number of unbranched alkanes of at least 4 members (excludes halogenated alkanes) is 1. The van der Waals surface area contributed by atoms with Gasteiger partial charge in [0.15, 0.2) is 0 Å². The molecule has 0 N–H and O–H groups in total. The third-order valence-corrected chi connectivity index (χ3v) is 1.66. The van der Waals surface area contributed by atoms with Crippen LogP contribution in [-0.2, 0) is 11.3 Å². The summed E-state index contributed by atoms with van der Waals surface area (Å²) in [5, 5.41) is 0. The van der Waals surface area contributed by atoms with Crippen molar-refractivity contribution < 1.29 is 4.74 Å². The van der Waals surface area contributed by atoms with E-state index in [0.717, 1.165) is 32.6 Å². The zero-order valence-corrected chi connectivity index (χ0v) is 7.49. The van der Waals surface area contributed by atoms with Gasteiger partial charge in [0.2, 0.25) is 0 Å². The molecule has 3 heteroatoms. The molecule has 0 fully saturated rings. The average molecular weight is 167 g/mol. The van der Waals surface area contributed by atoms with E-state index in [-0.39, 0.29) is 0 Å². The van der Waals surface area contributed by atoms with Crippen LogP contribution in [0.25, 0.3) is 0 Å². The SMILES string of the molecule is CCOCCCCn1c[c]nc1. The molecule has 0 aliphatic carbocycles. The molecule has 0 aliphatic heterocycles. The van der Waals surface area contributed by atoms with E-state index in [2.05, 4.69) is 11.2 Å². The molecule has 0 aromatic carbocycles. The van der Waals surface area contributed by atoms with E-state index in [9.17, 15) is 0 Å². The number of hydrogen-bond acceptors (Lipinski definition) is 2. The summed E-state index contributed by atoms with van der Waals surface area (Å²) in [5.74, 6) is 0. The fourth-order valence-electron chi connectivity index (χ4n) is 1.01. The maximum Gasteiger partial charge on any atom is 0.108 e. The quantitative estimate of drug-likeness (QED) is 0.600. The van der Waals surface area contributed by atoms with Crippen LogP contribution in [0.1, 0.15) is 19.8 Å². The van der Waals surface area contributed by atoms with Gasteiger partial charge in [0.05, 0.1) is 6.33 Å². The third kappa shape index (κ3) is 3.53. The Bertz CT molecular complexity index is 184. The lowest BCUT2D eigenvalue weighted by molar-refractivity contribution is 0.142. The molecule has 1 heterocycles. The van der Waals surface area contributed by atoms with Crippen LogP contribution in [-0.4, -0.2) is 22.8 Å². The summed E-state index contributed by atoms with van der Waals surface area (Å²) in [7, 11) is 0. The van der Waals surface area contributed by atoms with Gasteiger partial charge < -0.3 is 9.30 Å². The van der Waals surface area contributed by atoms with Crippen LogP contribution < -0.4 is 0 Å². The van der Waals surface area contributed by atoms with Gasteiger partial charge in [-0.05, 0) is 19.8 Å². The molecule has 0 amide bonds. The molecule has 3 nitrogen and oxygen atoms in total. The first kappa shape index (κ1) is 9.26. The second-order valence-corrected chi connectivity index (χ2v) is 2.64. The van der Waals surface area contributed by atoms with Crippen LogP contribution in [0.2, 0.25) is 0 Å². The van der Waals surface area contributed by atoms with Crippen molar-refractivity contribution in [3.63, 3.8) is 0 Å². The van der Waals surface area contributed by atoms with Gasteiger partial charge in [0.25, 0.3) is 0 Å². The van der Waals surface area contributed by atoms with Gasteiger partial charge in [-0.2, -0.15) is 0 Å². The van der Waals surface area contributed by atoms with Crippen molar-refractivity contribution in [3.05, 3.63) is 18.7 Å². The number of hydrogen-bond donors (Lipinski definition) is 0. The average Bonchev–Trinajstić information content (AvgIpc) is 2.57. The maximum atomic E-state index is 5.22. The topological polar surface area (TPSA) is 27.1 Å². The summed E-state index contributed by atoms with van der Waals surface area (Å²) >= 11 is 0. The predicted octanol–water partition coefficient (Wildman–Crippen LogP) is 1.50. The Kier molecular flexibility index (Phi) is 4.46. The number of nitrogens with zero attached hydrogens (tertiary/aromatic N) is 2. The normalized spacial score (nSPS) is 10.4. The van der Waals surface area contributed by atoms with Crippen molar-refractivity contribution >= 4 is 0 Å². The Labute approximate surface area is 73.4 Å². The second-order valence-electron chi connectivity index (χ2n) is 2.64. The van der Waals surface area contributed by atoms with E-state index in [4.69, 9.17) is 4.74 Å². The highest BCUT2D eigenvalue weighted by Gasteiger charge is 1.90. The lowest BCUT2D eigenvalue weighted by Crippen LogP contribution is -1.98. The Balaban J connectivity index is 1.96. The Morgan fingerprint density at radius 2 is 2.42 bits per heavy atom. The summed E-state index contributed by atoms with van der Waals surface area (Å²) in [6, 6.07) is 0. The van der Waals surface area contributed by atoms with Crippen LogP contribution in [0, 0.1) is 6.20 Å². The second kappa shape index (κ2) is 5.77. The molecular weight excluding hydrogens is 152 g/mol. The third-order valence-electron chi connectivity index (χ3n) is 1.66. The van der Waals surface area contributed by atoms with E-state index in [1.807, 2.05) is 17.7 Å². The van der Waals surface area contributed by atoms with E-state index in [0.29, 0.717) is 0 Å². The largest absolute Gasteiger partial charge is 0.382 e. The first-order chi connectivity index (χ1) is 5.93. The summed E-state index contributed by atoms with van der Waals surface area (Å²) in [6.07, 6.45) is 8.68. The van der Waals surface area contributed by atoms with Crippen LogP contribution in [0.15, 0.2) is 12.5 Å². The molecule has 12 heavy (non-hydrogen) atoms. The molecule has 67 valence electrons. The molecule has 0 unspecified atom stereocenters. The van der Waals surface area contributed by atoms with E-state index >= 15 is 0 Å². The lowest BCUT2D eigenvalue weighted by atomic mass is 10.3. The molecular formula is C9H15N2O. The first-order valence-electron chi connectivity index (χ1n) is 4.39. The monoisotopic (exact) mass is 167 g/mol. The van der Waals surface area contributed by atoms with Gasteiger partial charge in [-0.15, -0.1) is 0 Å². The highest BCUT2D eigenvalue weighted by Crippen LogP contribution is 1.94. The van der Waals surface area contributed by atoms with Crippen molar-refractivity contribution in [1.29, 1.82) is 0 Å². The standard InChI is InChI=1S/C9H15N2O/c1-2-12-8-4-3-6-11-7-5-10-9-11/h7,9H,2-4,6,8H2,1H3. The van der Waals surface area contributed by atoms with Gasteiger partial charge in [0.1, 0.15) is 6.20 Å². The zero-order valence-electron chi connectivity index (χ0n) is 7.49. The predicted molar refractivity (Wildman–Crippen MR) is 46.8 cm³/mol. The Morgan fingerprint density at radius 3 is 3.08 bits per heavy atom. The number of aromatic nitrogens is 2. The van der Waals surface area contributed by atoms with Crippen molar-refractivity contribution in [2.45, 2.75) is 26.3 Å². The fraction of sp³-hybridized carbons (Fsp3) is 0.667. The molecule has 1 aromatic heterocycles. The molecule has 0 spiro atoms. The van der Waals surface area contributed by atoms with Crippen LogP contribution in [0.5, 0.6) is 0 Å². The minimum absolute atomic E-state index is 0.818. The van der Waals surface area contributed by atoms with Crippen molar-refractivity contribution in [2.75, 3.05) is 13.2 Å². The zero-order chi connectivity index (χ0) is 8.65. The summed E-state index contributed by atoms with van der Waals surface area (Å²) in [5.41, 5.74) is 0. The molecule has 1 aromatic rings. The lowest BCUT2D eigenvalue weighted by Gasteiger charge is -2.01. The summed E-state index contributed by atoms with van der Waals surface area (Å²) in [4.78, 5) is 3.84. The summed E-state index contributed by atoms with van der Waals surface area (Å²) in [6.45, 7) is 4.72. The number of ether oxygens (including phenoxy) is 1. The Hall–Kier alpha value is -0.830. The van der Waals surface area contributed by atoms with Gasteiger partial charge in [-0.25, -0.2) is 4.98 Å². The molecule has 1 rings (SSSR count). The number of aryl methyl sites for hydroxylation is 1. The minimum atomic E-state index is 0.818. The smallest absolute Gasteiger partial charge is 0.108 e. The van der Waals surface area contributed by atoms with Crippen molar-refractivity contribution in [2.24, 2.45) is 0 Å². The van der Waals surface area contributed by atoms with Crippen molar-refractivity contribution in [3.8, 4) is 0 Å². The number of rotatable bonds is 6. The van der Waals surface area contributed by atoms with Crippen LogP contribution in [0.3, 0.4) is 0 Å².